The molecule has 1 aliphatic heterocycles. The van der Waals surface area contributed by atoms with Crippen LogP contribution in [0.2, 0.25) is 5.02 Å². The summed E-state index contributed by atoms with van der Waals surface area (Å²) in [6, 6.07) is 1.65. The molecule has 2 rings (SSSR count). The molecule has 1 fully saturated rings. The van der Waals surface area contributed by atoms with Crippen LogP contribution in [0.15, 0.2) is 12.1 Å². The van der Waals surface area contributed by atoms with E-state index in [-0.39, 0.29) is 52.8 Å². The standard InChI is InChI=1S/C15H18ClN3O4.ClH/c1-7(2)19-13(20)6-11(15(19)22)18-14(21)8-4-9(16)10(17)5-12(8)23-3;/h4-5,7,11H,6,17H2,1-3H3,(H,18,21);1H. The molecule has 1 aliphatic rings. The molecule has 24 heavy (non-hydrogen) atoms. The van der Waals surface area contributed by atoms with Gasteiger partial charge in [0.15, 0.2) is 0 Å². The molecule has 1 unspecified atom stereocenters. The molecule has 0 aromatic heterocycles. The van der Waals surface area contributed by atoms with Crippen molar-refractivity contribution < 1.29 is 19.1 Å². The number of likely N-dealkylation sites (tertiary alicyclic amines) is 1. The van der Waals surface area contributed by atoms with Crippen LogP contribution in [0.25, 0.3) is 0 Å². The number of rotatable bonds is 4. The second-order valence-electron chi connectivity index (χ2n) is 5.50. The number of nitrogens with one attached hydrogen (secondary N) is 1. The fourth-order valence-electron chi connectivity index (χ4n) is 2.46. The second-order valence-corrected chi connectivity index (χ2v) is 5.91. The number of methoxy groups -OCH3 is 1. The van der Waals surface area contributed by atoms with Gasteiger partial charge in [-0.15, -0.1) is 12.4 Å². The van der Waals surface area contributed by atoms with Gasteiger partial charge in [0.05, 0.1) is 29.8 Å². The number of halogens is 2. The zero-order valence-corrected chi connectivity index (χ0v) is 15.0. The molecule has 7 nitrogen and oxygen atoms in total. The van der Waals surface area contributed by atoms with Gasteiger partial charge in [-0.2, -0.15) is 0 Å². The van der Waals surface area contributed by atoms with Crippen LogP contribution < -0.4 is 15.8 Å². The lowest BCUT2D eigenvalue weighted by atomic mass is 10.1. The Morgan fingerprint density at radius 1 is 1.42 bits per heavy atom. The van der Waals surface area contributed by atoms with Gasteiger partial charge in [-0.1, -0.05) is 11.6 Å². The summed E-state index contributed by atoms with van der Waals surface area (Å²) in [7, 11) is 1.39. The molecule has 1 aromatic carbocycles. The van der Waals surface area contributed by atoms with E-state index in [2.05, 4.69) is 5.32 Å². The summed E-state index contributed by atoms with van der Waals surface area (Å²) in [5, 5.41) is 2.75. The Morgan fingerprint density at radius 3 is 2.54 bits per heavy atom. The van der Waals surface area contributed by atoms with Crippen LogP contribution in [0.1, 0.15) is 30.6 Å². The summed E-state index contributed by atoms with van der Waals surface area (Å²) >= 11 is 5.93. The highest BCUT2D eigenvalue weighted by molar-refractivity contribution is 6.33. The number of nitrogens with zero attached hydrogens (tertiary/aromatic N) is 1. The average Bonchev–Trinajstić information content (AvgIpc) is 2.75. The van der Waals surface area contributed by atoms with Gasteiger partial charge < -0.3 is 15.8 Å². The van der Waals surface area contributed by atoms with E-state index < -0.39 is 17.9 Å². The van der Waals surface area contributed by atoms with Crippen molar-refractivity contribution in [1.29, 1.82) is 0 Å². The van der Waals surface area contributed by atoms with E-state index in [1.165, 1.54) is 19.2 Å². The zero-order valence-electron chi connectivity index (χ0n) is 13.5. The Hall–Kier alpha value is -1.99. The SMILES string of the molecule is COc1cc(N)c(Cl)cc1C(=O)NC1CC(=O)N(C(C)C)C1=O.Cl. The largest absolute Gasteiger partial charge is 0.496 e. The molecule has 3 N–H and O–H groups in total. The maximum atomic E-state index is 12.4. The molecular formula is C15H19Cl2N3O4. The van der Waals surface area contributed by atoms with Crippen molar-refractivity contribution in [2.75, 3.05) is 12.8 Å². The van der Waals surface area contributed by atoms with Crippen LogP contribution >= 0.6 is 24.0 Å². The van der Waals surface area contributed by atoms with E-state index in [0.29, 0.717) is 0 Å². The number of hydrogen-bond acceptors (Lipinski definition) is 5. The van der Waals surface area contributed by atoms with E-state index >= 15 is 0 Å². The molecule has 0 saturated carbocycles. The maximum absolute atomic E-state index is 12.4. The Kier molecular flexibility index (Phi) is 6.45. The molecule has 0 spiro atoms. The third kappa shape index (κ3) is 3.73. The molecule has 132 valence electrons. The van der Waals surface area contributed by atoms with E-state index in [4.69, 9.17) is 22.1 Å². The molecule has 3 amide bonds. The van der Waals surface area contributed by atoms with E-state index in [1.54, 1.807) is 13.8 Å². The van der Waals surface area contributed by atoms with Gasteiger partial charge >= 0.3 is 0 Å². The molecule has 9 heteroatoms. The van der Waals surface area contributed by atoms with Crippen molar-refractivity contribution in [3.63, 3.8) is 0 Å². The van der Waals surface area contributed by atoms with Crippen LogP contribution in [0, 0.1) is 0 Å². The minimum absolute atomic E-state index is 0. The fraction of sp³-hybridized carbons (Fsp3) is 0.400. The van der Waals surface area contributed by atoms with Crippen LogP contribution in [0.3, 0.4) is 0 Å². The molecular weight excluding hydrogens is 357 g/mol. The van der Waals surface area contributed by atoms with Gasteiger partial charge in [0, 0.05) is 12.1 Å². The predicted octanol–water partition coefficient (Wildman–Crippen LogP) is 1.62. The molecule has 0 aliphatic carbocycles. The van der Waals surface area contributed by atoms with Crippen LogP contribution in [0.4, 0.5) is 5.69 Å². The number of benzene rings is 1. The Labute approximate surface area is 150 Å². The first-order chi connectivity index (χ1) is 10.8. The molecule has 1 aromatic rings. The normalized spacial score (nSPS) is 17.0. The molecule has 0 radical (unpaired) electrons. The highest BCUT2D eigenvalue weighted by atomic mass is 35.5. The van der Waals surface area contributed by atoms with Crippen LogP contribution in [0.5, 0.6) is 5.75 Å². The predicted molar refractivity (Wildman–Crippen MR) is 92.5 cm³/mol. The Balaban J connectivity index is 0.00000288. The number of carbonyl (C=O) groups is 3. The maximum Gasteiger partial charge on any atom is 0.255 e. The highest BCUT2D eigenvalue weighted by Crippen LogP contribution is 2.29. The van der Waals surface area contributed by atoms with Crippen molar-refractivity contribution >= 4 is 47.4 Å². The summed E-state index contributed by atoms with van der Waals surface area (Å²) in [5.41, 5.74) is 6.10. The number of imide groups is 1. The number of anilines is 1. The van der Waals surface area contributed by atoms with E-state index in [0.717, 1.165) is 4.90 Å². The first kappa shape index (κ1) is 20.1. The zero-order chi connectivity index (χ0) is 17.3. The lowest BCUT2D eigenvalue weighted by Gasteiger charge is -2.19. The lowest BCUT2D eigenvalue weighted by molar-refractivity contribution is -0.140. The van der Waals surface area contributed by atoms with Crippen molar-refractivity contribution in [3.8, 4) is 5.75 Å². The summed E-state index contributed by atoms with van der Waals surface area (Å²) in [6.45, 7) is 3.48. The average molecular weight is 376 g/mol. The van der Waals surface area contributed by atoms with Crippen molar-refractivity contribution in [2.45, 2.75) is 32.4 Å². The van der Waals surface area contributed by atoms with Crippen molar-refractivity contribution in [1.82, 2.24) is 10.2 Å². The third-order valence-electron chi connectivity index (χ3n) is 3.57. The van der Waals surface area contributed by atoms with Gasteiger partial charge in [-0.25, -0.2) is 0 Å². The summed E-state index contributed by atoms with van der Waals surface area (Å²) in [6.07, 6.45) is -0.0617. The van der Waals surface area contributed by atoms with Crippen LogP contribution in [-0.4, -0.2) is 41.8 Å². The summed E-state index contributed by atoms with van der Waals surface area (Å²) in [5.74, 6) is -1.04. The van der Waals surface area contributed by atoms with Gasteiger partial charge in [0.1, 0.15) is 11.8 Å². The minimum atomic E-state index is -0.890. The summed E-state index contributed by atoms with van der Waals surface area (Å²) in [4.78, 5) is 37.6. The van der Waals surface area contributed by atoms with Gasteiger partial charge in [-0.05, 0) is 19.9 Å². The third-order valence-corrected chi connectivity index (χ3v) is 3.90. The first-order valence-corrected chi connectivity index (χ1v) is 7.43. The number of amides is 3. The Morgan fingerprint density at radius 2 is 2.04 bits per heavy atom. The minimum Gasteiger partial charge on any atom is -0.496 e. The highest BCUT2D eigenvalue weighted by Gasteiger charge is 2.40. The first-order valence-electron chi connectivity index (χ1n) is 7.06. The van der Waals surface area contributed by atoms with Gasteiger partial charge in [0.2, 0.25) is 5.91 Å². The van der Waals surface area contributed by atoms with E-state index in [9.17, 15) is 14.4 Å². The van der Waals surface area contributed by atoms with Crippen LogP contribution in [-0.2, 0) is 9.59 Å². The molecule has 1 saturated heterocycles. The number of carbonyl (C=O) groups excluding carboxylic acids is 3. The smallest absolute Gasteiger partial charge is 0.255 e. The fourth-order valence-corrected chi connectivity index (χ4v) is 2.62. The van der Waals surface area contributed by atoms with Gasteiger partial charge in [0.25, 0.3) is 11.8 Å². The topological polar surface area (TPSA) is 102 Å². The number of hydrogen-bond donors (Lipinski definition) is 2. The van der Waals surface area contributed by atoms with Crippen molar-refractivity contribution in [3.05, 3.63) is 22.7 Å². The number of nitrogen functional groups attached to an aromatic ring is 1. The number of nitrogens with two attached hydrogens (primary N) is 1. The molecule has 1 heterocycles. The summed E-state index contributed by atoms with van der Waals surface area (Å²) < 4.78 is 5.11. The Bertz CT molecular complexity index is 679. The molecule has 0 bridgehead atoms. The second kappa shape index (κ2) is 7.72. The lowest BCUT2D eigenvalue weighted by Crippen LogP contribution is -2.43. The van der Waals surface area contributed by atoms with Gasteiger partial charge in [-0.3, -0.25) is 19.3 Å². The monoisotopic (exact) mass is 375 g/mol. The van der Waals surface area contributed by atoms with Crippen molar-refractivity contribution in [2.24, 2.45) is 0 Å². The number of ether oxygens (including phenoxy) is 1. The quantitative estimate of drug-likeness (QED) is 0.614. The molecule has 1 atom stereocenters. The van der Waals surface area contributed by atoms with E-state index in [1.807, 2.05) is 0 Å².